The number of rotatable bonds is 3. The molecular weight excluding hydrogens is 268 g/mol. The van der Waals surface area contributed by atoms with Crippen LogP contribution in [-0.2, 0) is 6.42 Å². The molecule has 0 spiro atoms. The second-order valence-corrected chi connectivity index (χ2v) is 5.74. The third kappa shape index (κ3) is 1.98. The Kier molecular flexibility index (Phi) is 3.25. The average molecular weight is 282 g/mol. The van der Waals surface area contributed by atoms with E-state index in [9.17, 15) is 0 Å². The quantitative estimate of drug-likeness (QED) is 0.737. The maximum Gasteiger partial charge on any atom is 0.194 e. The molecule has 0 aromatic carbocycles. The predicted octanol–water partition coefficient (Wildman–Crippen LogP) is 3.65. The number of hydrogen-bond donors (Lipinski definition) is 0. The van der Waals surface area contributed by atoms with Crippen LogP contribution in [0.2, 0.25) is 0 Å². The second kappa shape index (κ2) is 5.06. The molecule has 0 aliphatic carbocycles. The summed E-state index contributed by atoms with van der Waals surface area (Å²) in [4.78, 5) is 9.70. The van der Waals surface area contributed by atoms with Gasteiger partial charge in [0.15, 0.2) is 4.96 Å². The number of nitrogens with zero attached hydrogens (tertiary/aromatic N) is 4. The standard InChI is InChI=1S/C15H14N4S/c1-10(2)14-12(3-6-16)19-13(9-20-15(19)18-14)11-4-7-17-8-5-11/h4-5,7-10H,3H2,1-2H3. The molecule has 0 saturated heterocycles. The smallest absolute Gasteiger partial charge is 0.194 e. The van der Waals surface area contributed by atoms with E-state index in [1.165, 1.54) is 0 Å². The lowest BCUT2D eigenvalue weighted by atomic mass is 10.1. The van der Waals surface area contributed by atoms with Crippen molar-refractivity contribution in [3.05, 3.63) is 41.3 Å². The molecule has 3 heterocycles. The van der Waals surface area contributed by atoms with Gasteiger partial charge in [0.25, 0.3) is 0 Å². The third-order valence-corrected chi connectivity index (χ3v) is 4.09. The zero-order valence-electron chi connectivity index (χ0n) is 11.4. The number of nitriles is 1. The fraction of sp³-hybridized carbons (Fsp3) is 0.267. The van der Waals surface area contributed by atoms with Crippen molar-refractivity contribution in [3.8, 4) is 17.3 Å². The monoisotopic (exact) mass is 282 g/mol. The van der Waals surface area contributed by atoms with Crippen LogP contribution in [0.15, 0.2) is 29.9 Å². The van der Waals surface area contributed by atoms with Crippen LogP contribution < -0.4 is 0 Å². The van der Waals surface area contributed by atoms with Crippen molar-refractivity contribution >= 4 is 16.3 Å². The highest BCUT2D eigenvalue weighted by molar-refractivity contribution is 7.15. The molecule has 0 aliphatic heterocycles. The van der Waals surface area contributed by atoms with Crippen LogP contribution in [0.25, 0.3) is 16.2 Å². The van der Waals surface area contributed by atoms with Crippen molar-refractivity contribution in [2.45, 2.75) is 26.2 Å². The normalized spacial score (nSPS) is 11.1. The molecule has 0 fully saturated rings. The first-order valence-corrected chi connectivity index (χ1v) is 7.36. The summed E-state index contributed by atoms with van der Waals surface area (Å²) in [6.45, 7) is 4.22. The molecule has 0 atom stereocenters. The Hall–Kier alpha value is -2.19. The van der Waals surface area contributed by atoms with Crippen molar-refractivity contribution < 1.29 is 0 Å². The molecule has 0 unspecified atom stereocenters. The van der Waals surface area contributed by atoms with E-state index < -0.39 is 0 Å². The van der Waals surface area contributed by atoms with E-state index in [1.807, 2.05) is 12.1 Å². The van der Waals surface area contributed by atoms with Gasteiger partial charge < -0.3 is 0 Å². The SMILES string of the molecule is CC(C)c1nc2scc(-c3ccncc3)n2c1CC#N. The molecule has 3 rings (SSSR count). The summed E-state index contributed by atoms with van der Waals surface area (Å²) in [6, 6.07) is 6.22. The Labute approximate surface area is 121 Å². The van der Waals surface area contributed by atoms with Gasteiger partial charge in [-0.25, -0.2) is 4.98 Å². The van der Waals surface area contributed by atoms with E-state index in [2.05, 4.69) is 34.7 Å². The molecule has 0 N–H and O–H groups in total. The van der Waals surface area contributed by atoms with Crippen molar-refractivity contribution in [1.29, 1.82) is 5.26 Å². The third-order valence-electron chi connectivity index (χ3n) is 3.26. The van der Waals surface area contributed by atoms with Gasteiger partial charge in [0.1, 0.15) is 0 Å². The highest BCUT2D eigenvalue weighted by atomic mass is 32.1. The predicted molar refractivity (Wildman–Crippen MR) is 79.7 cm³/mol. The van der Waals surface area contributed by atoms with E-state index in [4.69, 9.17) is 10.2 Å². The van der Waals surface area contributed by atoms with Crippen LogP contribution in [0.5, 0.6) is 0 Å². The van der Waals surface area contributed by atoms with Gasteiger partial charge in [-0.2, -0.15) is 5.26 Å². The minimum Gasteiger partial charge on any atom is -0.286 e. The summed E-state index contributed by atoms with van der Waals surface area (Å²) in [5, 5.41) is 11.2. The van der Waals surface area contributed by atoms with Gasteiger partial charge in [-0.05, 0) is 18.1 Å². The van der Waals surface area contributed by atoms with Gasteiger partial charge in [0.2, 0.25) is 0 Å². The molecule has 3 aromatic heterocycles. The molecule has 5 heteroatoms. The lowest BCUT2D eigenvalue weighted by Crippen LogP contribution is -1.99. The van der Waals surface area contributed by atoms with Crippen LogP contribution in [-0.4, -0.2) is 14.4 Å². The first-order valence-electron chi connectivity index (χ1n) is 6.48. The number of thiazole rings is 1. The fourth-order valence-electron chi connectivity index (χ4n) is 2.36. The second-order valence-electron chi connectivity index (χ2n) is 4.91. The lowest BCUT2D eigenvalue weighted by molar-refractivity contribution is 0.814. The van der Waals surface area contributed by atoms with Gasteiger partial charge in [-0.3, -0.25) is 9.38 Å². The van der Waals surface area contributed by atoms with Gasteiger partial charge in [0.05, 0.1) is 29.6 Å². The Morgan fingerprint density at radius 3 is 2.75 bits per heavy atom. The maximum atomic E-state index is 9.11. The van der Waals surface area contributed by atoms with Crippen molar-refractivity contribution in [3.63, 3.8) is 0 Å². The number of fused-ring (bicyclic) bond motifs is 1. The van der Waals surface area contributed by atoms with Crippen LogP contribution in [0.4, 0.5) is 0 Å². The van der Waals surface area contributed by atoms with E-state index in [0.29, 0.717) is 12.3 Å². The Balaban J connectivity index is 2.28. The molecule has 4 nitrogen and oxygen atoms in total. The molecule has 0 bridgehead atoms. The summed E-state index contributed by atoms with van der Waals surface area (Å²) in [7, 11) is 0. The molecule has 20 heavy (non-hydrogen) atoms. The van der Waals surface area contributed by atoms with Crippen molar-refractivity contribution in [1.82, 2.24) is 14.4 Å². The highest BCUT2D eigenvalue weighted by Crippen LogP contribution is 2.31. The van der Waals surface area contributed by atoms with E-state index in [1.54, 1.807) is 23.7 Å². The molecular formula is C15H14N4S. The van der Waals surface area contributed by atoms with Gasteiger partial charge >= 0.3 is 0 Å². The highest BCUT2D eigenvalue weighted by Gasteiger charge is 2.19. The molecule has 0 aliphatic rings. The average Bonchev–Trinajstić information content (AvgIpc) is 3.00. The largest absolute Gasteiger partial charge is 0.286 e. The van der Waals surface area contributed by atoms with E-state index in [0.717, 1.165) is 27.6 Å². The topological polar surface area (TPSA) is 54.0 Å². The number of hydrogen-bond acceptors (Lipinski definition) is 4. The van der Waals surface area contributed by atoms with Crippen LogP contribution in [0, 0.1) is 11.3 Å². The lowest BCUT2D eigenvalue weighted by Gasteiger charge is -2.06. The maximum absolute atomic E-state index is 9.11. The minimum atomic E-state index is 0.316. The van der Waals surface area contributed by atoms with Crippen LogP contribution in [0.1, 0.15) is 31.2 Å². The summed E-state index contributed by atoms with van der Waals surface area (Å²) < 4.78 is 2.11. The summed E-state index contributed by atoms with van der Waals surface area (Å²) in [5.41, 5.74) is 4.20. The van der Waals surface area contributed by atoms with Crippen LogP contribution in [0.3, 0.4) is 0 Å². The van der Waals surface area contributed by atoms with Gasteiger partial charge in [0, 0.05) is 23.3 Å². The molecule has 3 aromatic rings. The van der Waals surface area contributed by atoms with E-state index in [-0.39, 0.29) is 0 Å². The first-order chi connectivity index (χ1) is 9.72. The molecule has 0 saturated carbocycles. The minimum absolute atomic E-state index is 0.316. The van der Waals surface area contributed by atoms with Gasteiger partial charge in [-0.1, -0.05) is 13.8 Å². The Bertz CT molecular complexity index is 777. The Morgan fingerprint density at radius 2 is 2.10 bits per heavy atom. The number of aromatic nitrogens is 3. The molecule has 0 radical (unpaired) electrons. The fourth-order valence-corrected chi connectivity index (χ4v) is 3.29. The van der Waals surface area contributed by atoms with E-state index >= 15 is 0 Å². The van der Waals surface area contributed by atoms with Crippen molar-refractivity contribution in [2.24, 2.45) is 0 Å². The molecule has 0 amide bonds. The first kappa shape index (κ1) is 12.8. The zero-order valence-corrected chi connectivity index (χ0v) is 12.2. The molecule has 100 valence electrons. The van der Waals surface area contributed by atoms with Crippen LogP contribution >= 0.6 is 11.3 Å². The number of pyridine rings is 1. The summed E-state index contributed by atoms with van der Waals surface area (Å²) >= 11 is 1.61. The number of imidazole rings is 1. The van der Waals surface area contributed by atoms with Crippen molar-refractivity contribution in [2.75, 3.05) is 0 Å². The Morgan fingerprint density at radius 1 is 1.35 bits per heavy atom. The zero-order chi connectivity index (χ0) is 14.1. The van der Waals surface area contributed by atoms with Gasteiger partial charge in [-0.15, -0.1) is 11.3 Å². The summed E-state index contributed by atoms with van der Waals surface area (Å²) in [5.74, 6) is 0.316. The summed E-state index contributed by atoms with van der Waals surface area (Å²) in [6.07, 6.45) is 3.94.